The van der Waals surface area contributed by atoms with Crippen molar-refractivity contribution < 1.29 is 9.53 Å². The number of ether oxygens (including phenoxy) is 1. The summed E-state index contributed by atoms with van der Waals surface area (Å²) >= 11 is 1.46. The molecule has 1 saturated carbocycles. The summed E-state index contributed by atoms with van der Waals surface area (Å²) in [4.78, 5) is 16.0. The second-order valence-corrected chi connectivity index (χ2v) is 5.63. The molecule has 0 bridgehead atoms. The van der Waals surface area contributed by atoms with Crippen molar-refractivity contribution in [3.8, 4) is 0 Å². The first-order valence-corrected chi connectivity index (χ1v) is 7.01. The van der Waals surface area contributed by atoms with Gasteiger partial charge in [0.2, 0.25) is 0 Å². The first-order valence-electron chi connectivity index (χ1n) is 6.07. The highest BCUT2D eigenvalue weighted by Gasteiger charge is 2.48. The van der Waals surface area contributed by atoms with Crippen LogP contribution in [0, 0.1) is 5.41 Å². The zero-order valence-corrected chi connectivity index (χ0v) is 10.5. The molecule has 2 heterocycles. The minimum Gasteiger partial charge on any atom is -0.381 e. The van der Waals surface area contributed by atoms with Crippen molar-refractivity contribution in [1.82, 2.24) is 10.3 Å². The van der Waals surface area contributed by atoms with Crippen LogP contribution in [0.25, 0.3) is 0 Å². The average Bonchev–Trinajstić information content (AvgIpc) is 2.89. The van der Waals surface area contributed by atoms with Crippen LogP contribution in [-0.2, 0) is 4.74 Å². The predicted molar refractivity (Wildman–Crippen MR) is 65.1 cm³/mol. The molecule has 0 radical (unpaired) electrons. The van der Waals surface area contributed by atoms with Gasteiger partial charge in [0.1, 0.15) is 5.69 Å². The normalized spacial score (nSPS) is 26.5. The van der Waals surface area contributed by atoms with Crippen LogP contribution in [0.2, 0.25) is 0 Å². The van der Waals surface area contributed by atoms with Crippen LogP contribution in [0.3, 0.4) is 0 Å². The van der Waals surface area contributed by atoms with Crippen molar-refractivity contribution in [2.75, 3.05) is 13.2 Å². The number of hydrogen-bond donors (Lipinski definition) is 1. The molecular formula is C12H16N2O2S. The summed E-state index contributed by atoms with van der Waals surface area (Å²) in [5.74, 6) is -0.0261. The molecule has 1 aromatic heterocycles. The maximum absolute atomic E-state index is 11.9. The molecule has 1 unspecified atom stereocenters. The lowest BCUT2D eigenvalue weighted by Crippen LogP contribution is -2.57. The Morgan fingerprint density at radius 1 is 1.47 bits per heavy atom. The van der Waals surface area contributed by atoms with Crippen molar-refractivity contribution >= 4 is 17.2 Å². The molecule has 1 aromatic rings. The van der Waals surface area contributed by atoms with E-state index < -0.39 is 0 Å². The van der Waals surface area contributed by atoms with E-state index in [0.29, 0.717) is 17.2 Å². The molecule has 92 valence electrons. The minimum atomic E-state index is -0.0261. The minimum absolute atomic E-state index is 0.0261. The molecule has 1 N–H and O–H groups in total. The first-order chi connectivity index (χ1) is 8.30. The van der Waals surface area contributed by atoms with E-state index in [1.165, 1.54) is 17.8 Å². The van der Waals surface area contributed by atoms with Crippen LogP contribution in [0.5, 0.6) is 0 Å². The van der Waals surface area contributed by atoms with Gasteiger partial charge in [-0.1, -0.05) is 0 Å². The largest absolute Gasteiger partial charge is 0.381 e. The third kappa shape index (κ3) is 1.98. The molecule has 1 atom stereocenters. The summed E-state index contributed by atoms with van der Waals surface area (Å²) in [5, 5.41) is 4.93. The van der Waals surface area contributed by atoms with E-state index in [1.807, 2.05) is 0 Å². The molecule has 1 saturated heterocycles. The van der Waals surface area contributed by atoms with Gasteiger partial charge in [-0.3, -0.25) is 4.79 Å². The highest BCUT2D eigenvalue weighted by atomic mass is 32.1. The monoisotopic (exact) mass is 252 g/mol. The van der Waals surface area contributed by atoms with Gasteiger partial charge in [0.25, 0.3) is 5.91 Å². The molecular weight excluding hydrogens is 236 g/mol. The van der Waals surface area contributed by atoms with E-state index in [-0.39, 0.29) is 5.91 Å². The molecule has 1 amide bonds. The van der Waals surface area contributed by atoms with Gasteiger partial charge in [0, 0.05) is 24.6 Å². The summed E-state index contributed by atoms with van der Waals surface area (Å²) in [6, 6.07) is 0.320. The number of rotatable bonds is 2. The Bertz CT molecular complexity index is 399. The number of carbonyl (C=O) groups excluding carboxylic acids is 1. The molecule has 0 aromatic carbocycles. The molecule has 2 fully saturated rings. The Labute approximate surface area is 104 Å². The lowest BCUT2D eigenvalue weighted by molar-refractivity contribution is -0.0523. The zero-order chi connectivity index (χ0) is 11.7. The van der Waals surface area contributed by atoms with Crippen LogP contribution >= 0.6 is 11.3 Å². The predicted octanol–water partition coefficient (Wildman–Crippen LogP) is 1.83. The molecule has 3 rings (SSSR count). The van der Waals surface area contributed by atoms with E-state index in [0.717, 1.165) is 32.5 Å². The van der Waals surface area contributed by atoms with Crippen LogP contribution in [0.4, 0.5) is 0 Å². The molecule has 4 nitrogen and oxygen atoms in total. The van der Waals surface area contributed by atoms with Crippen molar-refractivity contribution in [2.24, 2.45) is 5.41 Å². The molecule has 17 heavy (non-hydrogen) atoms. The first kappa shape index (κ1) is 11.2. The van der Waals surface area contributed by atoms with Gasteiger partial charge in [-0.2, -0.15) is 0 Å². The standard InChI is InChI=1S/C12H16N2O2S/c15-11(9-7-17-8-13-9)14-10-1-2-12(10)3-5-16-6-4-12/h7-8,10H,1-6H2,(H,14,15). The maximum atomic E-state index is 11.9. The number of nitrogens with one attached hydrogen (secondary N) is 1. The molecule has 2 aliphatic rings. The highest BCUT2D eigenvalue weighted by Crippen LogP contribution is 2.48. The smallest absolute Gasteiger partial charge is 0.270 e. The Morgan fingerprint density at radius 3 is 2.88 bits per heavy atom. The third-order valence-corrected chi connectivity index (χ3v) is 4.72. The van der Waals surface area contributed by atoms with Crippen LogP contribution < -0.4 is 5.32 Å². The quantitative estimate of drug-likeness (QED) is 0.873. The summed E-state index contributed by atoms with van der Waals surface area (Å²) in [6.07, 6.45) is 4.47. The number of thiazole rings is 1. The third-order valence-electron chi connectivity index (χ3n) is 4.13. The van der Waals surface area contributed by atoms with Gasteiger partial charge in [0.15, 0.2) is 0 Å². The lowest BCUT2D eigenvalue weighted by Gasteiger charge is -2.52. The van der Waals surface area contributed by atoms with Crippen LogP contribution in [-0.4, -0.2) is 30.1 Å². The van der Waals surface area contributed by atoms with Crippen molar-refractivity contribution in [3.63, 3.8) is 0 Å². The summed E-state index contributed by atoms with van der Waals surface area (Å²) in [7, 11) is 0. The Hall–Kier alpha value is -0.940. The van der Waals surface area contributed by atoms with Crippen molar-refractivity contribution in [1.29, 1.82) is 0 Å². The fourth-order valence-corrected chi connectivity index (χ4v) is 3.39. The van der Waals surface area contributed by atoms with Crippen LogP contribution in [0.15, 0.2) is 10.9 Å². The van der Waals surface area contributed by atoms with Crippen molar-refractivity contribution in [3.05, 3.63) is 16.6 Å². The number of hydrogen-bond acceptors (Lipinski definition) is 4. The fourth-order valence-electron chi connectivity index (χ4n) is 2.86. The molecule has 1 aliphatic heterocycles. The van der Waals surface area contributed by atoms with Gasteiger partial charge in [-0.25, -0.2) is 4.98 Å². The number of aromatic nitrogens is 1. The van der Waals surface area contributed by atoms with E-state index in [2.05, 4.69) is 10.3 Å². The summed E-state index contributed by atoms with van der Waals surface area (Å²) in [5.41, 5.74) is 2.55. The fraction of sp³-hybridized carbons (Fsp3) is 0.667. The second kappa shape index (κ2) is 4.38. The maximum Gasteiger partial charge on any atom is 0.270 e. The second-order valence-electron chi connectivity index (χ2n) is 4.91. The Balaban J connectivity index is 1.64. The number of carbonyl (C=O) groups is 1. The molecule has 1 aliphatic carbocycles. The summed E-state index contributed by atoms with van der Waals surface area (Å²) in [6.45, 7) is 1.67. The van der Waals surface area contributed by atoms with Gasteiger partial charge in [-0.05, 0) is 31.1 Å². The number of amides is 1. The van der Waals surface area contributed by atoms with Gasteiger partial charge in [-0.15, -0.1) is 11.3 Å². The van der Waals surface area contributed by atoms with E-state index >= 15 is 0 Å². The van der Waals surface area contributed by atoms with Crippen molar-refractivity contribution in [2.45, 2.75) is 31.7 Å². The van der Waals surface area contributed by atoms with Crippen LogP contribution in [0.1, 0.15) is 36.2 Å². The van der Waals surface area contributed by atoms with Gasteiger partial charge < -0.3 is 10.1 Å². The topological polar surface area (TPSA) is 51.2 Å². The average molecular weight is 252 g/mol. The lowest BCUT2D eigenvalue weighted by atomic mass is 9.60. The van der Waals surface area contributed by atoms with E-state index in [9.17, 15) is 4.79 Å². The Morgan fingerprint density at radius 2 is 2.29 bits per heavy atom. The van der Waals surface area contributed by atoms with E-state index in [1.54, 1.807) is 10.9 Å². The summed E-state index contributed by atoms with van der Waals surface area (Å²) < 4.78 is 5.40. The highest BCUT2D eigenvalue weighted by molar-refractivity contribution is 7.07. The van der Waals surface area contributed by atoms with Gasteiger partial charge >= 0.3 is 0 Å². The zero-order valence-electron chi connectivity index (χ0n) is 9.65. The molecule has 5 heteroatoms. The number of nitrogens with zero attached hydrogens (tertiary/aromatic N) is 1. The van der Waals surface area contributed by atoms with E-state index in [4.69, 9.17) is 4.74 Å². The van der Waals surface area contributed by atoms with Gasteiger partial charge in [0.05, 0.1) is 5.51 Å². The SMILES string of the molecule is O=C(NC1CCC12CCOCC2)c1cscn1. The Kier molecular flexibility index (Phi) is 2.88. The molecule has 1 spiro atoms.